The fourth-order valence-electron chi connectivity index (χ4n) is 2.84. The molecule has 0 atom stereocenters. The predicted octanol–water partition coefficient (Wildman–Crippen LogP) is 3.26. The fraction of sp³-hybridized carbons (Fsp3) is 1.00. The zero-order valence-electron chi connectivity index (χ0n) is 10.7. The summed E-state index contributed by atoms with van der Waals surface area (Å²) in [6, 6.07) is 0.746. The first kappa shape index (κ1) is 12.4. The maximum Gasteiger partial charge on any atom is 0.0608 e. The van der Waals surface area contributed by atoms with E-state index in [1.165, 1.54) is 64.3 Å². The van der Waals surface area contributed by atoms with Gasteiger partial charge in [0.2, 0.25) is 0 Å². The van der Waals surface area contributed by atoms with Crippen LogP contribution in [0.2, 0.25) is 0 Å². The average Bonchev–Trinajstić information content (AvgIpc) is 2.49. The monoisotopic (exact) mass is 225 g/mol. The molecule has 2 aliphatic carbocycles. The van der Waals surface area contributed by atoms with Crippen molar-refractivity contribution in [2.45, 2.75) is 83.0 Å². The molecular formula is C14H27NO. The summed E-state index contributed by atoms with van der Waals surface area (Å²) >= 11 is 0. The molecule has 94 valence electrons. The van der Waals surface area contributed by atoms with E-state index in [4.69, 9.17) is 4.74 Å². The second-order valence-corrected chi connectivity index (χ2v) is 5.49. The SMILES string of the molecule is CCCNC1CC(OC2CCCCCC2)C1. The molecule has 0 saturated heterocycles. The molecule has 0 radical (unpaired) electrons. The van der Waals surface area contributed by atoms with Crippen molar-refractivity contribution in [3.05, 3.63) is 0 Å². The van der Waals surface area contributed by atoms with E-state index < -0.39 is 0 Å². The number of nitrogens with one attached hydrogen (secondary N) is 1. The highest BCUT2D eigenvalue weighted by Gasteiger charge is 2.31. The van der Waals surface area contributed by atoms with Crippen LogP contribution in [-0.2, 0) is 4.74 Å². The third-order valence-electron chi connectivity index (χ3n) is 3.96. The van der Waals surface area contributed by atoms with Gasteiger partial charge in [-0.3, -0.25) is 0 Å². The van der Waals surface area contributed by atoms with Crippen molar-refractivity contribution in [3.8, 4) is 0 Å². The highest BCUT2D eigenvalue weighted by atomic mass is 16.5. The minimum Gasteiger partial charge on any atom is -0.375 e. The van der Waals surface area contributed by atoms with Crippen molar-refractivity contribution in [1.82, 2.24) is 5.32 Å². The summed E-state index contributed by atoms with van der Waals surface area (Å²) in [6.07, 6.45) is 13.1. The van der Waals surface area contributed by atoms with E-state index >= 15 is 0 Å². The van der Waals surface area contributed by atoms with Crippen LogP contribution in [0.25, 0.3) is 0 Å². The molecule has 2 nitrogen and oxygen atoms in total. The summed E-state index contributed by atoms with van der Waals surface area (Å²) in [5.41, 5.74) is 0. The Labute approximate surface area is 100 Å². The molecule has 2 fully saturated rings. The standard InChI is InChI=1S/C14H27NO/c1-2-9-15-12-10-14(11-12)16-13-7-5-3-4-6-8-13/h12-15H,2-11H2,1H3. The van der Waals surface area contributed by atoms with E-state index in [1.54, 1.807) is 0 Å². The summed E-state index contributed by atoms with van der Waals surface area (Å²) in [7, 11) is 0. The molecule has 2 rings (SSSR count). The topological polar surface area (TPSA) is 21.3 Å². The predicted molar refractivity (Wildman–Crippen MR) is 67.7 cm³/mol. The van der Waals surface area contributed by atoms with Crippen LogP contribution in [0, 0.1) is 0 Å². The molecule has 0 heterocycles. The normalized spacial score (nSPS) is 32.1. The van der Waals surface area contributed by atoms with Crippen LogP contribution in [0.3, 0.4) is 0 Å². The van der Waals surface area contributed by atoms with Gasteiger partial charge in [-0.25, -0.2) is 0 Å². The summed E-state index contributed by atoms with van der Waals surface area (Å²) in [6.45, 7) is 3.39. The van der Waals surface area contributed by atoms with E-state index in [2.05, 4.69) is 12.2 Å². The number of ether oxygens (including phenoxy) is 1. The highest BCUT2D eigenvalue weighted by molar-refractivity contribution is 4.86. The van der Waals surface area contributed by atoms with Gasteiger partial charge in [0.1, 0.15) is 0 Å². The molecule has 0 bridgehead atoms. The van der Waals surface area contributed by atoms with Crippen molar-refractivity contribution >= 4 is 0 Å². The van der Waals surface area contributed by atoms with Crippen LogP contribution in [0.4, 0.5) is 0 Å². The molecule has 1 N–H and O–H groups in total. The van der Waals surface area contributed by atoms with Gasteiger partial charge in [-0.1, -0.05) is 32.6 Å². The molecule has 16 heavy (non-hydrogen) atoms. The lowest BCUT2D eigenvalue weighted by atomic mass is 9.89. The Morgan fingerprint density at radius 2 is 1.69 bits per heavy atom. The molecule has 0 aromatic rings. The largest absolute Gasteiger partial charge is 0.375 e. The van der Waals surface area contributed by atoms with Crippen molar-refractivity contribution in [2.24, 2.45) is 0 Å². The molecule has 0 spiro atoms. The van der Waals surface area contributed by atoms with Crippen molar-refractivity contribution < 1.29 is 4.74 Å². The minimum absolute atomic E-state index is 0.567. The molecule has 2 saturated carbocycles. The third kappa shape index (κ3) is 3.74. The first-order valence-electron chi connectivity index (χ1n) is 7.27. The summed E-state index contributed by atoms with van der Waals surface area (Å²) in [4.78, 5) is 0. The second kappa shape index (κ2) is 6.61. The molecule has 0 aromatic heterocycles. The Morgan fingerprint density at radius 3 is 2.31 bits per heavy atom. The van der Waals surface area contributed by atoms with Crippen molar-refractivity contribution in [3.63, 3.8) is 0 Å². The van der Waals surface area contributed by atoms with Gasteiger partial charge in [-0.15, -0.1) is 0 Å². The second-order valence-electron chi connectivity index (χ2n) is 5.49. The van der Waals surface area contributed by atoms with E-state index in [1.807, 2.05) is 0 Å². The summed E-state index contributed by atoms with van der Waals surface area (Å²) in [5, 5.41) is 3.57. The Balaban J connectivity index is 1.57. The zero-order valence-corrected chi connectivity index (χ0v) is 10.7. The molecule has 0 amide bonds. The van der Waals surface area contributed by atoms with E-state index in [9.17, 15) is 0 Å². The van der Waals surface area contributed by atoms with Gasteiger partial charge in [0, 0.05) is 6.04 Å². The highest BCUT2D eigenvalue weighted by Crippen LogP contribution is 2.28. The molecule has 0 aromatic carbocycles. The Kier molecular flexibility index (Phi) is 5.11. The summed E-state index contributed by atoms with van der Waals surface area (Å²) in [5.74, 6) is 0. The number of hydrogen-bond donors (Lipinski definition) is 1. The number of rotatable bonds is 5. The lowest BCUT2D eigenvalue weighted by Gasteiger charge is -2.38. The van der Waals surface area contributed by atoms with Gasteiger partial charge in [-0.2, -0.15) is 0 Å². The van der Waals surface area contributed by atoms with Crippen LogP contribution in [0.15, 0.2) is 0 Å². The van der Waals surface area contributed by atoms with Crippen LogP contribution in [-0.4, -0.2) is 24.8 Å². The van der Waals surface area contributed by atoms with Gasteiger partial charge in [-0.05, 0) is 38.6 Å². The quantitative estimate of drug-likeness (QED) is 0.725. The zero-order chi connectivity index (χ0) is 11.2. The fourth-order valence-corrected chi connectivity index (χ4v) is 2.84. The van der Waals surface area contributed by atoms with E-state index in [0.29, 0.717) is 12.2 Å². The lowest BCUT2D eigenvalue weighted by molar-refractivity contribution is -0.0691. The molecular weight excluding hydrogens is 198 g/mol. The van der Waals surface area contributed by atoms with Gasteiger partial charge < -0.3 is 10.1 Å². The lowest BCUT2D eigenvalue weighted by Crippen LogP contribution is -2.46. The van der Waals surface area contributed by atoms with Gasteiger partial charge in [0.25, 0.3) is 0 Å². The van der Waals surface area contributed by atoms with Crippen LogP contribution in [0.5, 0.6) is 0 Å². The molecule has 0 unspecified atom stereocenters. The van der Waals surface area contributed by atoms with Crippen LogP contribution >= 0.6 is 0 Å². The van der Waals surface area contributed by atoms with Crippen LogP contribution < -0.4 is 5.32 Å². The first-order chi connectivity index (χ1) is 7.88. The average molecular weight is 225 g/mol. The molecule has 2 heteroatoms. The maximum absolute atomic E-state index is 6.18. The Hall–Kier alpha value is -0.0800. The first-order valence-corrected chi connectivity index (χ1v) is 7.27. The smallest absolute Gasteiger partial charge is 0.0608 e. The van der Waals surface area contributed by atoms with Gasteiger partial charge in [0.15, 0.2) is 0 Å². The van der Waals surface area contributed by atoms with E-state index in [-0.39, 0.29) is 0 Å². The maximum atomic E-state index is 6.18. The molecule has 0 aliphatic heterocycles. The van der Waals surface area contributed by atoms with Gasteiger partial charge >= 0.3 is 0 Å². The number of hydrogen-bond acceptors (Lipinski definition) is 2. The molecule has 2 aliphatic rings. The van der Waals surface area contributed by atoms with Crippen molar-refractivity contribution in [2.75, 3.05) is 6.54 Å². The Bertz CT molecular complexity index is 181. The van der Waals surface area contributed by atoms with E-state index in [0.717, 1.165) is 6.04 Å². The third-order valence-corrected chi connectivity index (χ3v) is 3.96. The Morgan fingerprint density at radius 1 is 1.00 bits per heavy atom. The van der Waals surface area contributed by atoms with Crippen molar-refractivity contribution in [1.29, 1.82) is 0 Å². The van der Waals surface area contributed by atoms with Crippen LogP contribution in [0.1, 0.15) is 64.7 Å². The minimum atomic E-state index is 0.567. The van der Waals surface area contributed by atoms with Gasteiger partial charge in [0.05, 0.1) is 12.2 Å². The summed E-state index contributed by atoms with van der Waals surface area (Å²) < 4.78 is 6.18.